The van der Waals surface area contributed by atoms with E-state index in [4.69, 9.17) is 0 Å². The molecule has 0 spiro atoms. The van der Waals surface area contributed by atoms with Crippen molar-refractivity contribution in [2.24, 2.45) is 0 Å². The molecule has 41 heavy (non-hydrogen) atoms. The first-order valence-electron chi connectivity index (χ1n) is 15.2. The van der Waals surface area contributed by atoms with Crippen LogP contribution < -0.4 is 0 Å². The Hall–Kier alpha value is -2.90. The Bertz CT molecular complexity index is 1240. The number of piperidine rings is 1. The van der Waals surface area contributed by atoms with E-state index in [1.807, 2.05) is 12.3 Å². The van der Waals surface area contributed by atoms with Gasteiger partial charge < -0.3 is 9.80 Å². The highest BCUT2D eigenvalue weighted by molar-refractivity contribution is 6.00. The van der Waals surface area contributed by atoms with Gasteiger partial charge in [0.05, 0.1) is 16.5 Å². The molecular formula is C35H45N5O. The number of nitrogens with zero attached hydrogens (tertiary/aromatic N) is 5. The highest BCUT2D eigenvalue weighted by Crippen LogP contribution is 2.48. The Morgan fingerprint density at radius 1 is 0.683 bits per heavy atom. The summed E-state index contributed by atoms with van der Waals surface area (Å²) in [4.78, 5) is 30.2. The standard InChI is InChI=1S/C35H45N5O/c1-33(25-37(2)22-23-38(3)26-33)40-27-34(29-12-6-4-7-13-29)17-20-39(24-31-16-10-11-19-36-31)21-18-35(28-40,32(34)41)30-14-8-5-9-15-30/h4-16,19H,17-18,20-28H2,1-3H3. The quantitative estimate of drug-likeness (QED) is 0.476. The number of benzene rings is 2. The van der Waals surface area contributed by atoms with Crippen molar-refractivity contribution in [3.05, 3.63) is 102 Å². The van der Waals surface area contributed by atoms with Crippen molar-refractivity contribution >= 4 is 5.78 Å². The summed E-state index contributed by atoms with van der Waals surface area (Å²) >= 11 is 0. The van der Waals surface area contributed by atoms with E-state index in [0.29, 0.717) is 5.78 Å². The van der Waals surface area contributed by atoms with Crippen molar-refractivity contribution in [2.45, 2.75) is 42.7 Å². The summed E-state index contributed by atoms with van der Waals surface area (Å²) in [5.41, 5.74) is 2.15. The lowest BCUT2D eigenvalue weighted by atomic mass is 9.57. The molecular weight excluding hydrogens is 506 g/mol. The van der Waals surface area contributed by atoms with E-state index >= 15 is 4.79 Å². The van der Waals surface area contributed by atoms with Crippen LogP contribution in [0.4, 0.5) is 0 Å². The Labute approximate surface area is 246 Å². The van der Waals surface area contributed by atoms with Crippen LogP contribution in [0.1, 0.15) is 36.6 Å². The lowest BCUT2D eigenvalue weighted by Crippen LogP contribution is -2.71. The summed E-state index contributed by atoms with van der Waals surface area (Å²) in [6.07, 6.45) is 3.49. The number of fused-ring (bicyclic) bond motifs is 2. The zero-order chi connectivity index (χ0) is 28.5. The van der Waals surface area contributed by atoms with Crippen molar-refractivity contribution in [3.63, 3.8) is 0 Å². The zero-order valence-corrected chi connectivity index (χ0v) is 25.0. The van der Waals surface area contributed by atoms with Gasteiger partial charge in [0.15, 0.2) is 5.78 Å². The fraction of sp³-hybridized carbons (Fsp3) is 0.486. The van der Waals surface area contributed by atoms with Crippen LogP contribution in [0.15, 0.2) is 85.1 Å². The third-order valence-corrected chi connectivity index (χ3v) is 10.1. The molecule has 6 heteroatoms. The summed E-state index contributed by atoms with van der Waals surface area (Å²) < 4.78 is 0. The molecule has 1 aromatic heterocycles. The minimum absolute atomic E-state index is 0.0758. The molecule has 3 fully saturated rings. The van der Waals surface area contributed by atoms with Crippen molar-refractivity contribution in [1.82, 2.24) is 24.6 Å². The van der Waals surface area contributed by atoms with E-state index in [-0.39, 0.29) is 5.54 Å². The molecule has 2 unspecified atom stereocenters. The second kappa shape index (κ2) is 11.4. The van der Waals surface area contributed by atoms with E-state index in [1.165, 1.54) is 0 Å². The maximum atomic E-state index is 15.3. The van der Waals surface area contributed by atoms with Gasteiger partial charge in [-0.05, 0) is 70.2 Å². The van der Waals surface area contributed by atoms with Crippen LogP contribution in [-0.4, -0.2) is 102 Å². The molecule has 0 saturated carbocycles. The minimum Gasteiger partial charge on any atom is -0.303 e. The molecule has 6 nitrogen and oxygen atoms in total. The van der Waals surface area contributed by atoms with Crippen LogP contribution in [0.5, 0.6) is 0 Å². The van der Waals surface area contributed by atoms with Crippen molar-refractivity contribution < 1.29 is 4.79 Å². The average Bonchev–Trinajstić information content (AvgIpc) is 3.13. The number of Topliss-reactive ketones (excluding diaryl/α,β-unsaturated/α-hetero) is 1. The first-order valence-corrected chi connectivity index (χ1v) is 15.2. The largest absolute Gasteiger partial charge is 0.303 e. The smallest absolute Gasteiger partial charge is 0.156 e. The van der Waals surface area contributed by atoms with Gasteiger partial charge in [-0.2, -0.15) is 0 Å². The Morgan fingerprint density at radius 2 is 1.20 bits per heavy atom. The van der Waals surface area contributed by atoms with Crippen LogP contribution >= 0.6 is 0 Å². The number of likely N-dealkylation sites (N-methyl/N-ethyl adjacent to an activating group) is 2. The second-order valence-corrected chi connectivity index (χ2v) is 13.2. The lowest BCUT2D eigenvalue weighted by molar-refractivity contribution is -0.143. The predicted octanol–water partition coefficient (Wildman–Crippen LogP) is 4.07. The summed E-state index contributed by atoms with van der Waals surface area (Å²) in [7, 11) is 4.50. The Morgan fingerprint density at radius 3 is 1.68 bits per heavy atom. The van der Waals surface area contributed by atoms with Gasteiger partial charge in [0.25, 0.3) is 0 Å². The van der Waals surface area contributed by atoms with E-state index in [2.05, 4.69) is 118 Å². The number of aromatic nitrogens is 1. The normalized spacial score (nSPS) is 28.5. The number of rotatable bonds is 5. The fourth-order valence-electron chi connectivity index (χ4n) is 7.93. The summed E-state index contributed by atoms with van der Waals surface area (Å²) in [6.45, 7) is 10.6. The third-order valence-electron chi connectivity index (χ3n) is 10.1. The van der Waals surface area contributed by atoms with Crippen LogP contribution in [0.3, 0.4) is 0 Å². The fourth-order valence-corrected chi connectivity index (χ4v) is 7.93. The molecule has 6 rings (SSSR count). The molecule has 2 aromatic carbocycles. The van der Waals surface area contributed by atoms with E-state index in [1.54, 1.807) is 0 Å². The van der Waals surface area contributed by atoms with Crippen molar-refractivity contribution in [2.75, 3.05) is 66.5 Å². The van der Waals surface area contributed by atoms with Crippen molar-refractivity contribution in [1.29, 1.82) is 0 Å². The number of likely N-dealkylation sites (tertiary alicyclic amines) is 2. The number of ketones is 1. The zero-order valence-electron chi connectivity index (χ0n) is 25.0. The molecule has 216 valence electrons. The van der Waals surface area contributed by atoms with Gasteiger partial charge in [0.1, 0.15) is 0 Å². The lowest BCUT2D eigenvalue weighted by Gasteiger charge is -2.58. The third kappa shape index (κ3) is 5.39. The molecule has 0 radical (unpaired) electrons. The molecule has 4 heterocycles. The average molecular weight is 552 g/mol. The second-order valence-electron chi connectivity index (χ2n) is 13.2. The summed E-state index contributed by atoms with van der Waals surface area (Å²) in [5.74, 6) is 0.412. The number of hydrogen-bond donors (Lipinski definition) is 0. The molecule has 2 atom stereocenters. The van der Waals surface area contributed by atoms with Crippen LogP contribution in [0, 0.1) is 0 Å². The maximum Gasteiger partial charge on any atom is 0.156 e. The molecule has 0 aliphatic carbocycles. The Kier molecular flexibility index (Phi) is 7.86. The van der Waals surface area contributed by atoms with E-state index in [9.17, 15) is 0 Å². The molecule has 2 bridgehead atoms. The highest BCUT2D eigenvalue weighted by atomic mass is 16.1. The number of carbonyl (C=O) groups excluding carboxylic acids is 1. The van der Waals surface area contributed by atoms with Crippen molar-refractivity contribution in [3.8, 4) is 0 Å². The first-order chi connectivity index (χ1) is 19.8. The monoisotopic (exact) mass is 551 g/mol. The predicted molar refractivity (Wildman–Crippen MR) is 165 cm³/mol. The van der Waals surface area contributed by atoms with Gasteiger partial charge in [0.2, 0.25) is 0 Å². The number of carbonyl (C=O) groups is 1. The molecule has 0 N–H and O–H groups in total. The molecule has 3 aliphatic rings. The molecule has 3 saturated heterocycles. The molecule has 3 aliphatic heterocycles. The van der Waals surface area contributed by atoms with E-state index in [0.717, 1.165) is 88.6 Å². The van der Waals surface area contributed by atoms with Gasteiger partial charge in [0, 0.05) is 57.5 Å². The maximum absolute atomic E-state index is 15.3. The van der Waals surface area contributed by atoms with Gasteiger partial charge in [-0.3, -0.25) is 19.6 Å². The van der Waals surface area contributed by atoms with Gasteiger partial charge in [-0.1, -0.05) is 66.7 Å². The van der Waals surface area contributed by atoms with Crippen LogP contribution in [-0.2, 0) is 22.2 Å². The first kappa shape index (κ1) is 28.2. The minimum atomic E-state index is -0.593. The number of pyridine rings is 1. The van der Waals surface area contributed by atoms with Gasteiger partial charge in [-0.15, -0.1) is 0 Å². The topological polar surface area (TPSA) is 42.9 Å². The Balaban J connectivity index is 1.49. The van der Waals surface area contributed by atoms with Gasteiger partial charge >= 0.3 is 0 Å². The SMILES string of the molecule is CN1CCN(C)CC(C)(N2CC3(c4ccccc4)CCN(Cc4ccccn4)CCC(c4ccccc4)(C2)C3=O)C1. The number of hydrogen-bond acceptors (Lipinski definition) is 6. The van der Waals surface area contributed by atoms with Crippen LogP contribution in [0.2, 0.25) is 0 Å². The molecule has 3 aromatic rings. The summed E-state index contributed by atoms with van der Waals surface area (Å²) in [5, 5.41) is 0. The van der Waals surface area contributed by atoms with E-state index < -0.39 is 10.8 Å². The highest BCUT2D eigenvalue weighted by Gasteiger charge is 2.60. The summed E-state index contributed by atoms with van der Waals surface area (Å²) in [6, 6.07) is 27.6. The van der Waals surface area contributed by atoms with Crippen LogP contribution in [0.25, 0.3) is 0 Å². The van der Waals surface area contributed by atoms with Gasteiger partial charge in [-0.25, -0.2) is 0 Å². The molecule has 0 amide bonds.